The third-order valence-electron chi connectivity index (χ3n) is 8.98. The fraction of sp³-hybridized carbons (Fsp3) is 0.724. The standard InChI is InChI=1S/C29H42F2O/c1-3-5-17-32-27-16-15-26(28(30)29(27)31)22-11-9-21(10-12-22)24-14-13-23-18-20(6-4-2)7-8-25(23)19-24/h3,5,15-16,20-25H,4,6-14,17-19H2,1-2H3/b5-3+. The molecule has 1 nitrogen and oxygen atoms in total. The molecule has 0 aliphatic heterocycles. The van der Waals surface area contributed by atoms with Gasteiger partial charge in [-0.3, -0.25) is 0 Å². The molecule has 0 saturated heterocycles. The Bertz CT molecular complexity index is 765. The summed E-state index contributed by atoms with van der Waals surface area (Å²) in [5, 5.41) is 0. The minimum atomic E-state index is -0.828. The van der Waals surface area contributed by atoms with Gasteiger partial charge in [0, 0.05) is 0 Å². The maximum atomic E-state index is 14.8. The van der Waals surface area contributed by atoms with Gasteiger partial charge in [0.1, 0.15) is 6.61 Å². The van der Waals surface area contributed by atoms with E-state index in [0.29, 0.717) is 5.56 Å². The van der Waals surface area contributed by atoms with Crippen LogP contribution in [0.5, 0.6) is 5.75 Å². The van der Waals surface area contributed by atoms with Crippen LogP contribution in [-0.4, -0.2) is 6.61 Å². The first-order chi connectivity index (χ1) is 15.6. The number of halogens is 2. The Hall–Kier alpha value is -1.38. The van der Waals surface area contributed by atoms with Gasteiger partial charge in [-0.25, -0.2) is 4.39 Å². The highest BCUT2D eigenvalue weighted by atomic mass is 19.2. The van der Waals surface area contributed by atoms with Gasteiger partial charge in [0.05, 0.1) is 0 Å². The molecular weight excluding hydrogens is 402 g/mol. The van der Waals surface area contributed by atoms with Crippen LogP contribution in [0, 0.1) is 41.2 Å². The summed E-state index contributed by atoms with van der Waals surface area (Å²) in [6.07, 6.45) is 19.4. The minimum Gasteiger partial charge on any atom is -0.486 e. The Morgan fingerprint density at radius 1 is 0.844 bits per heavy atom. The van der Waals surface area contributed by atoms with E-state index in [0.717, 1.165) is 42.4 Å². The molecule has 0 N–H and O–H groups in total. The fourth-order valence-electron chi connectivity index (χ4n) is 7.23. The SMILES string of the molecule is C/C=C/COc1ccc(C2CCC(C3CCC4CC(CCC)CCC4C3)CC2)c(F)c1F. The molecule has 4 unspecified atom stereocenters. The largest absolute Gasteiger partial charge is 0.486 e. The van der Waals surface area contributed by atoms with Gasteiger partial charge in [0.2, 0.25) is 5.82 Å². The first-order valence-corrected chi connectivity index (χ1v) is 13.3. The molecule has 4 atom stereocenters. The second-order valence-corrected chi connectivity index (χ2v) is 10.8. The smallest absolute Gasteiger partial charge is 0.200 e. The molecule has 4 rings (SSSR count). The molecule has 0 amide bonds. The summed E-state index contributed by atoms with van der Waals surface area (Å²) in [4.78, 5) is 0. The predicted molar refractivity (Wildman–Crippen MR) is 128 cm³/mol. The van der Waals surface area contributed by atoms with E-state index in [2.05, 4.69) is 6.92 Å². The molecule has 0 spiro atoms. The average molecular weight is 445 g/mol. The fourth-order valence-corrected chi connectivity index (χ4v) is 7.23. The van der Waals surface area contributed by atoms with Gasteiger partial charge in [-0.1, -0.05) is 44.4 Å². The summed E-state index contributed by atoms with van der Waals surface area (Å²) in [5.41, 5.74) is 0.553. The number of allylic oxidation sites excluding steroid dienone is 1. The van der Waals surface area contributed by atoms with E-state index in [-0.39, 0.29) is 18.3 Å². The number of hydrogen-bond acceptors (Lipinski definition) is 1. The van der Waals surface area contributed by atoms with Crippen LogP contribution in [0.1, 0.15) is 102 Å². The maximum Gasteiger partial charge on any atom is 0.200 e. The first kappa shape index (κ1) is 23.8. The van der Waals surface area contributed by atoms with Crippen molar-refractivity contribution in [2.75, 3.05) is 6.61 Å². The monoisotopic (exact) mass is 444 g/mol. The van der Waals surface area contributed by atoms with Crippen LogP contribution < -0.4 is 4.74 Å². The van der Waals surface area contributed by atoms with Crippen molar-refractivity contribution >= 4 is 0 Å². The molecule has 3 fully saturated rings. The number of fused-ring (bicyclic) bond motifs is 1. The Balaban J connectivity index is 1.30. The van der Waals surface area contributed by atoms with Gasteiger partial charge in [0.25, 0.3) is 0 Å². The summed E-state index contributed by atoms with van der Waals surface area (Å²) < 4.78 is 34.7. The molecule has 0 radical (unpaired) electrons. The number of rotatable bonds is 7. The van der Waals surface area contributed by atoms with Crippen LogP contribution in [-0.2, 0) is 0 Å². The molecule has 32 heavy (non-hydrogen) atoms. The molecule has 1 aromatic carbocycles. The van der Waals surface area contributed by atoms with Gasteiger partial charge in [-0.2, -0.15) is 4.39 Å². The number of benzene rings is 1. The lowest BCUT2D eigenvalue weighted by atomic mass is 9.60. The number of ether oxygens (including phenoxy) is 1. The predicted octanol–water partition coefficient (Wildman–Crippen LogP) is 8.83. The lowest BCUT2D eigenvalue weighted by molar-refractivity contribution is 0.0616. The first-order valence-electron chi connectivity index (χ1n) is 13.3. The molecule has 0 aromatic heterocycles. The van der Waals surface area contributed by atoms with Crippen molar-refractivity contribution in [3.63, 3.8) is 0 Å². The Morgan fingerprint density at radius 3 is 2.22 bits per heavy atom. The van der Waals surface area contributed by atoms with Crippen LogP contribution in [0.25, 0.3) is 0 Å². The normalized spacial score (nSPS) is 33.2. The molecule has 3 aliphatic rings. The van der Waals surface area contributed by atoms with Crippen molar-refractivity contribution in [1.82, 2.24) is 0 Å². The van der Waals surface area contributed by atoms with E-state index in [4.69, 9.17) is 4.74 Å². The zero-order chi connectivity index (χ0) is 22.5. The van der Waals surface area contributed by atoms with Crippen molar-refractivity contribution < 1.29 is 13.5 Å². The number of hydrogen-bond donors (Lipinski definition) is 0. The molecule has 3 aliphatic carbocycles. The zero-order valence-corrected chi connectivity index (χ0v) is 20.1. The van der Waals surface area contributed by atoms with Crippen LogP contribution in [0.15, 0.2) is 24.3 Å². The third kappa shape index (κ3) is 5.39. The highest BCUT2D eigenvalue weighted by molar-refractivity contribution is 5.33. The summed E-state index contributed by atoms with van der Waals surface area (Å²) in [6.45, 7) is 4.47. The van der Waals surface area contributed by atoms with E-state index in [1.807, 2.05) is 13.0 Å². The van der Waals surface area contributed by atoms with Crippen molar-refractivity contribution in [2.24, 2.45) is 29.6 Å². The molecule has 3 heteroatoms. The minimum absolute atomic E-state index is 0.0171. The molecular formula is C29H42F2O. The van der Waals surface area contributed by atoms with E-state index >= 15 is 0 Å². The van der Waals surface area contributed by atoms with Gasteiger partial charge in [-0.15, -0.1) is 0 Å². The second-order valence-electron chi connectivity index (χ2n) is 10.8. The lowest BCUT2D eigenvalue weighted by Gasteiger charge is -2.45. The van der Waals surface area contributed by atoms with E-state index in [9.17, 15) is 8.78 Å². The van der Waals surface area contributed by atoms with E-state index in [1.54, 1.807) is 18.2 Å². The van der Waals surface area contributed by atoms with Gasteiger partial charge >= 0.3 is 0 Å². The van der Waals surface area contributed by atoms with E-state index in [1.165, 1.54) is 64.2 Å². The van der Waals surface area contributed by atoms with Crippen molar-refractivity contribution in [3.05, 3.63) is 41.5 Å². The maximum absolute atomic E-state index is 14.8. The molecule has 3 saturated carbocycles. The average Bonchev–Trinajstić information content (AvgIpc) is 2.82. The van der Waals surface area contributed by atoms with Crippen LogP contribution in [0.2, 0.25) is 0 Å². The van der Waals surface area contributed by atoms with Crippen molar-refractivity contribution in [1.29, 1.82) is 0 Å². The quantitative estimate of drug-likeness (QED) is 0.382. The zero-order valence-electron chi connectivity index (χ0n) is 20.1. The third-order valence-corrected chi connectivity index (χ3v) is 8.98. The Labute approximate surface area is 194 Å². The summed E-state index contributed by atoms with van der Waals surface area (Å²) in [7, 11) is 0. The van der Waals surface area contributed by atoms with Crippen molar-refractivity contribution in [2.45, 2.75) is 96.8 Å². The molecule has 1 aromatic rings. The van der Waals surface area contributed by atoms with Gasteiger partial charge < -0.3 is 4.74 Å². The summed E-state index contributed by atoms with van der Waals surface area (Å²) >= 11 is 0. The van der Waals surface area contributed by atoms with Crippen LogP contribution in [0.4, 0.5) is 8.78 Å². The van der Waals surface area contributed by atoms with Gasteiger partial charge in [0.15, 0.2) is 11.6 Å². The highest BCUT2D eigenvalue weighted by Crippen LogP contribution is 2.50. The van der Waals surface area contributed by atoms with Crippen LogP contribution in [0.3, 0.4) is 0 Å². The second kappa shape index (κ2) is 11.2. The molecule has 178 valence electrons. The molecule has 0 bridgehead atoms. The summed E-state index contributed by atoms with van der Waals surface area (Å²) in [6, 6.07) is 3.37. The van der Waals surface area contributed by atoms with Gasteiger partial charge in [-0.05, 0) is 112 Å². The highest BCUT2D eigenvalue weighted by Gasteiger charge is 2.39. The Kier molecular flexibility index (Phi) is 8.29. The lowest BCUT2D eigenvalue weighted by Crippen LogP contribution is -2.34. The van der Waals surface area contributed by atoms with Crippen molar-refractivity contribution in [3.8, 4) is 5.75 Å². The van der Waals surface area contributed by atoms with Crippen LogP contribution >= 0.6 is 0 Å². The topological polar surface area (TPSA) is 9.23 Å². The Morgan fingerprint density at radius 2 is 1.50 bits per heavy atom. The molecule has 0 heterocycles. The summed E-state index contributed by atoms with van der Waals surface area (Å²) in [5.74, 6) is 3.22. The van der Waals surface area contributed by atoms with E-state index < -0.39 is 11.6 Å².